The second kappa shape index (κ2) is 6.16. The van der Waals surface area contributed by atoms with Crippen molar-refractivity contribution in [3.8, 4) is 6.07 Å². The van der Waals surface area contributed by atoms with Crippen molar-refractivity contribution in [3.05, 3.63) is 65.5 Å². The number of oxazole rings is 1. The number of para-hydroxylation sites is 2. The molecule has 0 saturated heterocycles. The Hall–Kier alpha value is -3.39. The van der Waals surface area contributed by atoms with Gasteiger partial charge in [0, 0.05) is 18.0 Å². The molecule has 0 radical (unpaired) electrons. The van der Waals surface area contributed by atoms with Crippen LogP contribution in [0.2, 0.25) is 0 Å². The molecule has 0 spiro atoms. The number of hydrogen-bond acceptors (Lipinski definition) is 5. The minimum Gasteiger partial charge on any atom is -0.550 e. The van der Waals surface area contributed by atoms with Gasteiger partial charge in [-0.25, -0.2) is 4.98 Å². The van der Waals surface area contributed by atoms with Crippen LogP contribution in [-0.2, 0) is 4.79 Å². The largest absolute Gasteiger partial charge is 0.550 e. The molecule has 1 aromatic heterocycles. The van der Waals surface area contributed by atoms with E-state index in [0.29, 0.717) is 22.2 Å². The van der Waals surface area contributed by atoms with Crippen LogP contribution in [0, 0.1) is 11.3 Å². The molecule has 0 aliphatic heterocycles. The molecule has 0 aliphatic rings. The number of carboxylic acids is 1. The van der Waals surface area contributed by atoms with Crippen LogP contribution in [-0.4, -0.2) is 11.0 Å². The van der Waals surface area contributed by atoms with E-state index in [9.17, 15) is 9.90 Å². The maximum Gasteiger partial charge on any atom is 0.223 e. The number of fused-ring (bicyclic) bond motifs is 1. The Morgan fingerprint density at radius 3 is 2.61 bits per heavy atom. The van der Waals surface area contributed by atoms with Crippen LogP contribution in [0.5, 0.6) is 0 Å². The third kappa shape index (κ3) is 3.27. The van der Waals surface area contributed by atoms with E-state index in [4.69, 9.17) is 9.68 Å². The second-order valence-electron chi connectivity index (χ2n) is 4.94. The average Bonchev–Trinajstić information content (AvgIpc) is 2.98. The van der Waals surface area contributed by atoms with Crippen LogP contribution in [0.25, 0.3) is 22.7 Å². The van der Waals surface area contributed by atoms with E-state index < -0.39 is 5.97 Å². The van der Waals surface area contributed by atoms with Crippen LogP contribution in [0.1, 0.15) is 23.4 Å². The van der Waals surface area contributed by atoms with Gasteiger partial charge in [0.25, 0.3) is 0 Å². The molecule has 3 rings (SSSR count). The number of carbonyl (C=O) groups excluding carboxylic acids is 1. The van der Waals surface area contributed by atoms with Crippen LogP contribution >= 0.6 is 0 Å². The molecule has 0 aliphatic carbocycles. The highest BCUT2D eigenvalue weighted by Gasteiger charge is 2.11. The summed E-state index contributed by atoms with van der Waals surface area (Å²) in [7, 11) is 0. The number of carbonyl (C=O) groups is 1. The zero-order chi connectivity index (χ0) is 16.2. The van der Waals surface area contributed by atoms with Crippen LogP contribution in [0.4, 0.5) is 0 Å². The van der Waals surface area contributed by atoms with Crippen molar-refractivity contribution >= 4 is 28.7 Å². The van der Waals surface area contributed by atoms with E-state index >= 15 is 0 Å². The van der Waals surface area contributed by atoms with E-state index in [1.54, 1.807) is 42.5 Å². The highest BCUT2D eigenvalue weighted by Crippen LogP contribution is 2.25. The van der Waals surface area contributed by atoms with Gasteiger partial charge in [-0.3, -0.25) is 0 Å². The Balaban J connectivity index is 2.04. The smallest absolute Gasteiger partial charge is 0.223 e. The molecule has 112 valence electrons. The summed E-state index contributed by atoms with van der Waals surface area (Å²) in [6, 6.07) is 16.0. The van der Waals surface area contributed by atoms with E-state index in [0.717, 1.165) is 5.56 Å². The van der Waals surface area contributed by atoms with Gasteiger partial charge in [0.15, 0.2) is 5.58 Å². The van der Waals surface area contributed by atoms with Gasteiger partial charge in [0.1, 0.15) is 5.52 Å². The zero-order valence-corrected chi connectivity index (χ0v) is 12.0. The molecule has 0 fully saturated rings. The molecule has 2 aromatic carbocycles. The molecule has 1 heterocycles. The number of nitriles is 1. The van der Waals surface area contributed by atoms with E-state index in [2.05, 4.69) is 4.98 Å². The summed E-state index contributed by atoms with van der Waals surface area (Å²) in [5, 5.41) is 19.8. The maximum absolute atomic E-state index is 11.0. The molecular formula is C18H11N2O3-. The molecule has 3 aromatic rings. The van der Waals surface area contributed by atoms with Crippen molar-refractivity contribution in [2.24, 2.45) is 0 Å². The number of benzene rings is 2. The predicted molar refractivity (Wildman–Crippen MR) is 82.7 cm³/mol. The molecular weight excluding hydrogens is 292 g/mol. The van der Waals surface area contributed by atoms with Crippen molar-refractivity contribution in [1.29, 1.82) is 5.26 Å². The maximum atomic E-state index is 11.0. The van der Waals surface area contributed by atoms with Crippen LogP contribution in [0.3, 0.4) is 0 Å². The fraction of sp³-hybridized carbons (Fsp3) is 0.0556. The van der Waals surface area contributed by atoms with Crippen molar-refractivity contribution in [1.82, 2.24) is 4.98 Å². The Labute approximate surface area is 132 Å². The first kappa shape index (κ1) is 14.5. The standard InChI is InChI=1S/C18H12N2O3/c19-11-13-7-5-12(6-8-13)9-14(10-17(21)22)18-20-15-3-1-2-4-16(15)23-18/h1-9H,10H2,(H,21,22)/p-1/b14-9+. The lowest BCUT2D eigenvalue weighted by atomic mass is 10.1. The number of hydrogen-bond donors (Lipinski definition) is 0. The molecule has 0 N–H and O–H groups in total. The lowest BCUT2D eigenvalue weighted by Gasteiger charge is -2.05. The summed E-state index contributed by atoms with van der Waals surface area (Å²) in [5.41, 5.74) is 2.94. The first-order valence-corrected chi connectivity index (χ1v) is 6.92. The van der Waals surface area contributed by atoms with Crippen molar-refractivity contribution < 1.29 is 14.3 Å². The third-order valence-electron chi connectivity index (χ3n) is 3.28. The number of aliphatic carboxylic acids is 1. The van der Waals surface area contributed by atoms with E-state index in [-0.39, 0.29) is 12.3 Å². The Morgan fingerprint density at radius 1 is 1.22 bits per heavy atom. The zero-order valence-electron chi connectivity index (χ0n) is 12.0. The van der Waals surface area contributed by atoms with Crippen molar-refractivity contribution in [2.75, 3.05) is 0 Å². The van der Waals surface area contributed by atoms with Gasteiger partial charge in [0.05, 0.1) is 11.6 Å². The first-order valence-electron chi connectivity index (χ1n) is 6.92. The summed E-state index contributed by atoms with van der Waals surface area (Å²) in [6.45, 7) is 0. The van der Waals surface area contributed by atoms with Crippen molar-refractivity contribution in [3.63, 3.8) is 0 Å². The first-order chi connectivity index (χ1) is 11.2. The highest BCUT2D eigenvalue weighted by atomic mass is 16.4. The van der Waals surface area contributed by atoms with Crippen LogP contribution in [0.15, 0.2) is 52.9 Å². The number of aromatic nitrogens is 1. The highest BCUT2D eigenvalue weighted by molar-refractivity contribution is 5.90. The summed E-state index contributed by atoms with van der Waals surface area (Å²) in [6.07, 6.45) is 1.36. The SMILES string of the molecule is N#Cc1ccc(/C=C(\CC(=O)[O-])c2nc3ccccc3o2)cc1. The molecule has 23 heavy (non-hydrogen) atoms. The Bertz CT molecular complexity index is 898. The Morgan fingerprint density at radius 2 is 1.96 bits per heavy atom. The Kier molecular flexibility index (Phi) is 3.89. The molecule has 5 nitrogen and oxygen atoms in total. The molecule has 0 saturated carbocycles. The van der Waals surface area contributed by atoms with Gasteiger partial charge in [0.2, 0.25) is 5.89 Å². The monoisotopic (exact) mass is 303 g/mol. The molecule has 0 bridgehead atoms. The van der Waals surface area contributed by atoms with Gasteiger partial charge < -0.3 is 14.3 Å². The van der Waals surface area contributed by atoms with Gasteiger partial charge in [-0.2, -0.15) is 5.26 Å². The number of carboxylic acid groups (broad SMARTS) is 1. The normalized spacial score (nSPS) is 11.3. The number of rotatable bonds is 4. The summed E-state index contributed by atoms with van der Waals surface area (Å²) in [4.78, 5) is 15.3. The van der Waals surface area contributed by atoms with Gasteiger partial charge in [-0.05, 0) is 35.9 Å². The number of nitrogens with zero attached hydrogens (tertiary/aromatic N) is 2. The quantitative estimate of drug-likeness (QED) is 0.738. The molecule has 0 unspecified atom stereocenters. The lowest BCUT2D eigenvalue weighted by molar-refractivity contribution is -0.304. The summed E-state index contributed by atoms with van der Waals surface area (Å²) in [5.74, 6) is -0.966. The summed E-state index contributed by atoms with van der Waals surface area (Å²) < 4.78 is 5.63. The fourth-order valence-electron chi connectivity index (χ4n) is 2.21. The van der Waals surface area contributed by atoms with Crippen LogP contribution < -0.4 is 5.11 Å². The fourth-order valence-corrected chi connectivity index (χ4v) is 2.21. The van der Waals surface area contributed by atoms with E-state index in [1.807, 2.05) is 18.2 Å². The molecule has 5 heteroatoms. The predicted octanol–water partition coefficient (Wildman–Crippen LogP) is 2.38. The summed E-state index contributed by atoms with van der Waals surface area (Å²) >= 11 is 0. The van der Waals surface area contributed by atoms with Gasteiger partial charge in [-0.15, -0.1) is 0 Å². The van der Waals surface area contributed by atoms with Gasteiger partial charge in [-0.1, -0.05) is 24.3 Å². The van der Waals surface area contributed by atoms with E-state index in [1.165, 1.54) is 0 Å². The second-order valence-corrected chi connectivity index (χ2v) is 4.94. The lowest BCUT2D eigenvalue weighted by Crippen LogP contribution is -2.22. The van der Waals surface area contributed by atoms with Crippen molar-refractivity contribution in [2.45, 2.75) is 6.42 Å². The average molecular weight is 303 g/mol. The van der Waals surface area contributed by atoms with Gasteiger partial charge >= 0.3 is 0 Å². The third-order valence-corrected chi connectivity index (χ3v) is 3.28. The molecule has 0 atom stereocenters. The topological polar surface area (TPSA) is 90.0 Å². The minimum atomic E-state index is -1.22. The minimum absolute atomic E-state index is 0.250. The molecule has 0 amide bonds.